The first-order valence-electron chi connectivity index (χ1n) is 6.11. The van der Waals surface area contributed by atoms with E-state index in [9.17, 15) is 18.3 Å². The van der Waals surface area contributed by atoms with Crippen LogP contribution in [0.2, 0.25) is 0 Å². The molecule has 2 aromatic rings. The molecule has 1 heterocycles. The second-order valence-electron chi connectivity index (χ2n) is 4.37. The lowest BCUT2D eigenvalue weighted by atomic mass is 10.1. The van der Waals surface area contributed by atoms with Gasteiger partial charge < -0.3 is 10.4 Å². The summed E-state index contributed by atoms with van der Waals surface area (Å²) in [5.74, 6) is -4.10. The maximum absolute atomic E-state index is 13.2. The smallest absolute Gasteiger partial charge is 0.194 e. The maximum atomic E-state index is 13.2. The Hall–Kier alpha value is -1.44. The van der Waals surface area contributed by atoms with Crippen LogP contribution >= 0.6 is 15.9 Å². The number of nitrogens with zero attached hydrogens (tertiary/aromatic N) is 1. The summed E-state index contributed by atoms with van der Waals surface area (Å²) in [5, 5.41) is 12.2. The number of hydrogen-bond donors (Lipinski definition) is 2. The van der Waals surface area contributed by atoms with Gasteiger partial charge in [0.15, 0.2) is 17.5 Å². The van der Waals surface area contributed by atoms with Gasteiger partial charge >= 0.3 is 0 Å². The molecule has 0 saturated carbocycles. The Bertz CT molecular complexity index is 616. The molecule has 0 fully saturated rings. The van der Waals surface area contributed by atoms with Gasteiger partial charge in [-0.1, -0.05) is 6.07 Å². The van der Waals surface area contributed by atoms with E-state index in [1.807, 2.05) is 0 Å². The van der Waals surface area contributed by atoms with Crippen LogP contribution < -0.4 is 5.32 Å². The molecule has 0 spiro atoms. The summed E-state index contributed by atoms with van der Waals surface area (Å²) in [6.07, 6.45) is 0. The molecule has 0 aliphatic carbocycles. The largest absolute Gasteiger partial charge is 0.394 e. The van der Waals surface area contributed by atoms with E-state index in [1.165, 1.54) is 0 Å². The van der Waals surface area contributed by atoms with Crippen LogP contribution in [0.3, 0.4) is 0 Å². The van der Waals surface area contributed by atoms with Gasteiger partial charge in [-0.2, -0.15) is 0 Å². The summed E-state index contributed by atoms with van der Waals surface area (Å²) in [4.78, 5) is 4.19. The number of aliphatic hydroxyl groups is 1. The molecule has 0 bridgehead atoms. The van der Waals surface area contributed by atoms with Gasteiger partial charge in [0.2, 0.25) is 0 Å². The highest BCUT2D eigenvalue weighted by Gasteiger charge is 2.16. The first kappa shape index (κ1) is 15.9. The Morgan fingerprint density at radius 1 is 1.19 bits per heavy atom. The predicted octanol–water partition coefficient (Wildman–Crippen LogP) is 3.08. The summed E-state index contributed by atoms with van der Waals surface area (Å²) in [7, 11) is 0. The molecule has 2 N–H and O–H groups in total. The predicted molar refractivity (Wildman–Crippen MR) is 74.9 cm³/mol. The zero-order valence-corrected chi connectivity index (χ0v) is 12.4. The van der Waals surface area contributed by atoms with Gasteiger partial charge in [-0.25, -0.2) is 18.2 Å². The van der Waals surface area contributed by atoms with E-state index in [0.29, 0.717) is 10.3 Å². The van der Waals surface area contributed by atoms with Crippen molar-refractivity contribution in [2.45, 2.75) is 12.6 Å². The van der Waals surface area contributed by atoms with Crippen molar-refractivity contribution in [1.29, 1.82) is 0 Å². The average molecular weight is 361 g/mol. The standard InChI is InChI=1S/C14H12BrF3N2O/c15-13-3-1-2-9(20-13)6-19-12(7-21)8-4-10(16)14(18)11(17)5-8/h1-5,12,19,21H,6-7H2. The Balaban J connectivity index is 2.13. The molecule has 0 radical (unpaired) electrons. The zero-order valence-electron chi connectivity index (χ0n) is 10.8. The van der Waals surface area contributed by atoms with Gasteiger partial charge in [0.25, 0.3) is 0 Å². The van der Waals surface area contributed by atoms with Gasteiger partial charge in [0.1, 0.15) is 4.60 Å². The van der Waals surface area contributed by atoms with Crippen LogP contribution in [0.15, 0.2) is 34.9 Å². The van der Waals surface area contributed by atoms with E-state index < -0.39 is 30.1 Å². The van der Waals surface area contributed by atoms with Gasteiger partial charge in [-0.3, -0.25) is 0 Å². The van der Waals surface area contributed by atoms with Crippen molar-refractivity contribution >= 4 is 15.9 Å². The van der Waals surface area contributed by atoms with Gasteiger partial charge in [-0.05, 0) is 45.8 Å². The fourth-order valence-electron chi connectivity index (χ4n) is 1.84. The van der Waals surface area contributed by atoms with Crippen LogP contribution in [0.25, 0.3) is 0 Å². The van der Waals surface area contributed by atoms with Crippen molar-refractivity contribution in [2.24, 2.45) is 0 Å². The van der Waals surface area contributed by atoms with Crippen LogP contribution in [0.4, 0.5) is 13.2 Å². The molecule has 0 aliphatic heterocycles. The topological polar surface area (TPSA) is 45.1 Å². The maximum Gasteiger partial charge on any atom is 0.194 e. The molecule has 112 valence electrons. The summed E-state index contributed by atoms with van der Waals surface area (Å²) < 4.78 is 40.0. The monoisotopic (exact) mass is 360 g/mol. The van der Waals surface area contributed by atoms with E-state index in [4.69, 9.17) is 0 Å². The molecular weight excluding hydrogens is 349 g/mol. The Morgan fingerprint density at radius 2 is 1.86 bits per heavy atom. The zero-order chi connectivity index (χ0) is 15.4. The highest BCUT2D eigenvalue weighted by atomic mass is 79.9. The number of hydrogen-bond acceptors (Lipinski definition) is 3. The van der Waals surface area contributed by atoms with E-state index >= 15 is 0 Å². The van der Waals surface area contributed by atoms with Gasteiger partial charge in [-0.15, -0.1) is 0 Å². The molecule has 21 heavy (non-hydrogen) atoms. The molecule has 7 heteroatoms. The normalized spacial score (nSPS) is 12.4. The molecular formula is C14H12BrF3N2O. The molecule has 3 nitrogen and oxygen atoms in total. The third-order valence-corrected chi connectivity index (χ3v) is 3.34. The van der Waals surface area contributed by atoms with Crippen molar-refractivity contribution in [3.63, 3.8) is 0 Å². The molecule has 2 rings (SSSR count). The molecule has 1 aromatic heterocycles. The second-order valence-corrected chi connectivity index (χ2v) is 5.18. The lowest BCUT2D eigenvalue weighted by molar-refractivity contribution is 0.242. The van der Waals surface area contributed by atoms with E-state index in [2.05, 4.69) is 26.2 Å². The van der Waals surface area contributed by atoms with Crippen molar-refractivity contribution in [2.75, 3.05) is 6.61 Å². The van der Waals surface area contributed by atoms with E-state index in [-0.39, 0.29) is 12.1 Å². The van der Waals surface area contributed by atoms with Crippen LogP contribution in [0, 0.1) is 17.5 Å². The third-order valence-electron chi connectivity index (χ3n) is 2.89. The van der Waals surface area contributed by atoms with Crippen LogP contribution in [-0.2, 0) is 6.54 Å². The lowest BCUT2D eigenvalue weighted by Crippen LogP contribution is -2.25. The number of halogens is 4. The van der Waals surface area contributed by atoms with Crippen LogP contribution in [0.5, 0.6) is 0 Å². The second kappa shape index (κ2) is 7.02. The third kappa shape index (κ3) is 4.03. The molecule has 0 amide bonds. The Labute approximate surface area is 128 Å². The summed E-state index contributed by atoms with van der Waals surface area (Å²) in [6, 6.07) is 6.31. The van der Waals surface area contributed by atoms with E-state index in [1.54, 1.807) is 18.2 Å². The first-order chi connectivity index (χ1) is 10.0. The van der Waals surface area contributed by atoms with Gasteiger partial charge in [0.05, 0.1) is 18.3 Å². The minimum atomic E-state index is -1.52. The fourth-order valence-corrected chi connectivity index (χ4v) is 2.22. The number of aromatic nitrogens is 1. The van der Waals surface area contributed by atoms with Crippen molar-refractivity contribution in [1.82, 2.24) is 10.3 Å². The summed E-state index contributed by atoms with van der Waals surface area (Å²) in [6.45, 7) is -0.107. The molecule has 1 unspecified atom stereocenters. The summed E-state index contributed by atoms with van der Waals surface area (Å²) in [5.41, 5.74) is 0.815. The first-order valence-corrected chi connectivity index (χ1v) is 6.90. The quantitative estimate of drug-likeness (QED) is 0.636. The number of nitrogens with one attached hydrogen (secondary N) is 1. The fraction of sp³-hybridized carbons (Fsp3) is 0.214. The Morgan fingerprint density at radius 3 is 2.43 bits per heavy atom. The molecule has 1 atom stereocenters. The van der Waals surface area contributed by atoms with Crippen molar-refractivity contribution < 1.29 is 18.3 Å². The molecule has 1 aromatic carbocycles. The minimum Gasteiger partial charge on any atom is -0.394 e. The highest BCUT2D eigenvalue weighted by molar-refractivity contribution is 9.10. The summed E-state index contributed by atoms with van der Waals surface area (Å²) >= 11 is 3.23. The minimum absolute atomic E-state index is 0.129. The molecule has 0 saturated heterocycles. The van der Waals surface area contributed by atoms with Crippen LogP contribution in [-0.4, -0.2) is 16.7 Å². The number of pyridine rings is 1. The van der Waals surface area contributed by atoms with Gasteiger partial charge in [0, 0.05) is 6.54 Å². The van der Waals surface area contributed by atoms with Crippen molar-refractivity contribution in [3.05, 3.63) is 63.6 Å². The van der Waals surface area contributed by atoms with E-state index in [0.717, 1.165) is 12.1 Å². The average Bonchev–Trinajstić information content (AvgIpc) is 2.45. The lowest BCUT2D eigenvalue weighted by Gasteiger charge is -2.17. The Kier molecular flexibility index (Phi) is 5.33. The highest BCUT2D eigenvalue weighted by Crippen LogP contribution is 2.19. The number of aliphatic hydroxyl groups excluding tert-OH is 1. The number of rotatable bonds is 5. The molecule has 0 aliphatic rings. The van der Waals surface area contributed by atoms with Crippen LogP contribution in [0.1, 0.15) is 17.3 Å². The SMILES string of the molecule is OCC(NCc1cccc(Br)n1)c1cc(F)c(F)c(F)c1. The van der Waals surface area contributed by atoms with Crippen molar-refractivity contribution in [3.8, 4) is 0 Å². The number of benzene rings is 1.